The highest BCUT2D eigenvalue weighted by Crippen LogP contribution is 2.30. The third kappa shape index (κ3) is 3.49. The third-order valence-electron chi connectivity index (χ3n) is 3.63. The molecular formula is C16H15N3O4S. The molecule has 0 bridgehead atoms. The average molecular weight is 345 g/mol. The minimum Gasteiger partial charge on any atom is -0.475 e. The van der Waals surface area contributed by atoms with E-state index in [0.717, 1.165) is 11.1 Å². The van der Waals surface area contributed by atoms with Gasteiger partial charge >= 0.3 is 0 Å². The lowest BCUT2D eigenvalue weighted by molar-refractivity contribution is -0.0786. The minimum absolute atomic E-state index is 0.273. The van der Waals surface area contributed by atoms with Crippen LogP contribution in [0.25, 0.3) is 11.1 Å². The molecule has 2 aromatic heterocycles. The smallest absolute Gasteiger partial charge is 0.173 e. The van der Waals surface area contributed by atoms with Gasteiger partial charge in [0.1, 0.15) is 29.7 Å². The van der Waals surface area contributed by atoms with Gasteiger partial charge in [-0.15, -0.1) is 11.8 Å². The van der Waals surface area contributed by atoms with Crippen LogP contribution in [-0.4, -0.2) is 54.8 Å². The fraction of sp³-hybridized carbons (Fsp3) is 0.312. The lowest BCUT2D eigenvalue weighted by atomic mass is 10.1. The maximum atomic E-state index is 10.00. The van der Waals surface area contributed by atoms with Crippen LogP contribution in [0.3, 0.4) is 0 Å². The normalized spacial score (nSPS) is 26.6. The molecule has 0 unspecified atom stereocenters. The Kier molecular flexibility index (Phi) is 4.97. The SMILES string of the molecule is N#Cc1ccc(-c2cncc(O[C@H]3SC[C@@H](O)[C@H](O)[C@H]3O)c2)cn1. The second-order valence-electron chi connectivity index (χ2n) is 5.32. The van der Waals surface area contributed by atoms with Crippen molar-refractivity contribution < 1.29 is 20.1 Å². The lowest BCUT2D eigenvalue weighted by Crippen LogP contribution is -2.50. The van der Waals surface area contributed by atoms with Gasteiger partial charge in [0.05, 0.1) is 12.3 Å². The summed E-state index contributed by atoms with van der Waals surface area (Å²) in [4.78, 5) is 8.12. The number of thioether (sulfide) groups is 1. The summed E-state index contributed by atoms with van der Waals surface area (Å²) in [6.45, 7) is 0. The first kappa shape index (κ1) is 16.7. The summed E-state index contributed by atoms with van der Waals surface area (Å²) in [7, 11) is 0. The number of aliphatic hydroxyl groups excluding tert-OH is 3. The Morgan fingerprint density at radius 2 is 1.96 bits per heavy atom. The topological polar surface area (TPSA) is 119 Å². The van der Waals surface area contributed by atoms with Crippen molar-refractivity contribution in [2.24, 2.45) is 0 Å². The van der Waals surface area contributed by atoms with Crippen molar-refractivity contribution in [3.63, 3.8) is 0 Å². The number of nitrogens with zero attached hydrogens (tertiary/aromatic N) is 3. The van der Waals surface area contributed by atoms with Gasteiger partial charge in [-0.3, -0.25) is 4.98 Å². The fourth-order valence-electron chi connectivity index (χ4n) is 2.29. The first-order valence-electron chi connectivity index (χ1n) is 7.22. The fourth-order valence-corrected chi connectivity index (χ4v) is 3.41. The van der Waals surface area contributed by atoms with Crippen LogP contribution in [0.4, 0.5) is 0 Å². The molecular weight excluding hydrogens is 330 g/mol. The maximum absolute atomic E-state index is 10.00. The highest BCUT2D eigenvalue weighted by atomic mass is 32.2. The van der Waals surface area contributed by atoms with Crippen molar-refractivity contribution >= 4 is 11.8 Å². The number of pyridine rings is 2. The van der Waals surface area contributed by atoms with Crippen molar-refractivity contribution in [3.05, 3.63) is 42.5 Å². The number of hydrogen-bond donors (Lipinski definition) is 3. The molecule has 0 saturated carbocycles. The predicted octanol–water partition coefficient (Wildman–Crippen LogP) is 0.550. The van der Waals surface area contributed by atoms with Crippen molar-refractivity contribution in [3.8, 4) is 22.9 Å². The lowest BCUT2D eigenvalue weighted by Gasteiger charge is -2.34. The summed E-state index contributed by atoms with van der Waals surface area (Å²) in [5.41, 5.74) is 1.16. The third-order valence-corrected chi connectivity index (χ3v) is 4.87. The minimum atomic E-state index is -1.24. The van der Waals surface area contributed by atoms with E-state index >= 15 is 0 Å². The molecule has 0 spiro atoms. The van der Waals surface area contributed by atoms with Crippen LogP contribution < -0.4 is 4.74 Å². The zero-order valence-corrected chi connectivity index (χ0v) is 13.3. The Labute approximate surface area is 142 Å². The van der Waals surface area contributed by atoms with Gasteiger partial charge in [0.25, 0.3) is 0 Å². The number of hydrogen-bond acceptors (Lipinski definition) is 8. The van der Waals surface area contributed by atoms with Crippen LogP contribution in [0.5, 0.6) is 5.75 Å². The van der Waals surface area contributed by atoms with Gasteiger partial charge in [0.2, 0.25) is 0 Å². The number of aliphatic hydroxyl groups is 3. The highest BCUT2D eigenvalue weighted by Gasteiger charge is 2.38. The first-order chi connectivity index (χ1) is 11.6. The van der Waals surface area contributed by atoms with Crippen LogP contribution >= 0.6 is 11.8 Å². The average Bonchev–Trinajstić information content (AvgIpc) is 2.62. The standard InChI is InChI=1S/C16H15N3O4S/c17-4-11-2-1-9(6-19-11)10-3-12(7-18-5-10)23-16-15(22)14(21)13(20)8-24-16/h1-3,5-7,13-16,20-22H,8H2/t13-,14+,15-,16+/m1/s1. The van der Waals surface area contributed by atoms with E-state index in [0.29, 0.717) is 11.4 Å². The van der Waals surface area contributed by atoms with Gasteiger partial charge in [-0.25, -0.2) is 4.98 Å². The Hall–Kier alpha value is -2.18. The molecule has 1 saturated heterocycles. The van der Waals surface area contributed by atoms with Gasteiger partial charge in [-0.2, -0.15) is 5.26 Å². The zero-order chi connectivity index (χ0) is 17.1. The highest BCUT2D eigenvalue weighted by molar-refractivity contribution is 7.99. The summed E-state index contributed by atoms with van der Waals surface area (Å²) < 4.78 is 5.70. The summed E-state index contributed by atoms with van der Waals surface area (Å²) in [6, 6.07) is 7.07. The van der Waals surface area contributed by atoms with Crippen LogP contribution in [0.15, 0.2) is 36.8 Å². The van der Waals surface area contributed by atoms with E-state index in [4.69, 9.17) is 10.00 Å². The van der Waals surface area contributed by atoms with Gasteiger partial charge < -0.3 is 20.1 Å². The van der Waals surface area contributed by atoms with Gasteiger partial charge in [-0.1, -0.05) is 0 Å². The van der Waals surface area contributed by atoms with Crippen molar-refractivity contribution in [2.75, 3.05) is 5.75 Å². The van der Waals surface area contributed by atoms with Gasteiger partial charge in [0.15, 0.2) is 5.44 Å². The van der Waals surface area contributed by atoms with Crippen LogP contribution in [0, 0.1) is 11.3 Å². The molecule has 1 aliphatic rings. The molecule has 0 radical (unpaired) electrons. The zero-order valence-electron chi connectivity index (χ0n) is 12.5. The van der Waals surface area contributed by atoms with E-state index in [-0.39, 0.29) is 5.75 Å². The molecule has 1 fully saturated rings. The summed E-state index contributed by atoms with van der Waals surface area (Å²) in [6.07, 6.45) is 1.31. The van der Waals surface area contributed by atoms with Crippen molar-refractivity contribution in [1.29, 1.82) is 5.26 Å². The second-order valence-corrected chi connectivity index (χ2v) is 6.45. The van der Waals surface area contributed by atoms with Crippen LogP contribution in [0.2, 0.25) is 0 Å². The molecule has 7 nitrogen and oxygen atoms in total. The molecule has 2 aromatic rings. The molecule has 0 aromatic carbocycles. The number of nitriles is 1. The quantitative estimate of drug-likeness (QED) is 0.738. The molecule has 0 aliphatic carbocycles. The van der Waals surface area contributed by atoms with Crippen LogP contribution in [-0.2, 0) is 0 Å². The Balaban J connectivity index is 1.77. The molecule has 8 heteroatoms. The summed E-state index contributed by atoms with van der Waals surface area (Å²) in [5.74, 6) is 0.701. The van der Waals surface area contributed by atoms with E-state index < -0.39 is 23.7 Å². The van der Waals surface area contributed by atoms with E-state index in [1.165, 1.54) is 18.0 Å². The van der Waals surface area contributed by atoms with E-state index in [1.807, 2.05) is 6.07 Å². The molecule has 124 valence electrons. The molecule has 4 atom stereocenters. The molecule has 3 rings (SSSR count). The Morgan fingerprint density at radius 3 is 2.67 bits per heavy atom. The molecule has 24 heavy (non-hydrogen) atoms. The predicted molar refractivity (Wildman–Crippen MR) is 87.1 cm³/mol. The van der Waals surface area contributed by atoms with Gasteiger partial charge in [-0.05, 0) is 18.2 Å². The number of aromatic nitrogens is 2. The molecule has 3 heterocycles. The van der Waals surface area contributed by atoms with E-state index in [2.05, 4.69) is 9.97 Å². The van der Waals surface area contributed by atoms with Crippen molar-refractivity contribution in [1.82, 2.24) is 9.97 Å². The molecule has 0 amide bonds. The Morgan fingerprint density at radius 1 is 1.12 bits per heavy atom. The van der Waals surface area contributed by atoms with Crippen molar-refractivity contribution in [2.45, 2.75) is 23.7 Å². The largest absolute Gasteiger partial charge is 0.475 e. The van der Waals surface area contributed by atoms with Gasteiger partial charge in [0, 0.05) is 29.3 Å². The Bertz CT molecular complexity index is 750. The molecule has 3 N–H and O–H groups in total. The molecule has 1 aliphatic heterocycles. The monoisotopic (exact) mass is 345 g/mol. The summed E-state index contributed by atoms with van der Waals surface area (Å²) in [5, 5.41) is 38.0. The first-order valence-corrected chi connectivity index (χ1v) is 8.27. The number of rotatable bonds is 3. The summed E-state index contributed by atoms with van der Waals surface area (Å²) >= 11 is 1.23. The van der Waals surface area contributed by atoms with Crippen LogP contribution in [0.1, 0.15) is 5.69 Å². The number of ether oxygens (including phenoxy) is 1. The van der Waals surface area contributed by atoms with E-state index in [9.17, 15) is 15.3 Å². The maximum Gasteiger partial charge on any atom is 0.173 e. The van der Waals surface area contributed by atoms with E-state index in [1.54, 1.807) is 30.6 Å². The second kappa shape index (κ2) is 7.15.